The normalized spacial score (nSPS) is 20.4. The quantitative estimate of drug-likeness (QED) is 0.766. The average Bonchev–Trinajstić information content (AvgIpc) is 2.53. The first-order chi connectivity index (χ1) is 7.74. The van der Waals surface area contributed by atoms with Crippen LogP contribution in [0.25, 0.3) is 0 Å². The maximum Gasteiger partial charge on any atom is 0.292 e. The molecule has 1 aliphatic carbocycles. The van der Waals surface area contributed by atoms with Crippen molar-refractivity contribution < 1.29 is 9.21 Å². The van der Waals surface area contributed by atoms with Crippen LogP contribution < -0.4 is 5.73 Å². The second-order valence-corrected chi connectivity index (χ2v) is 4.56. The van der Waals surface area contributed by atoms with E-state index in [1.54, 1.807) is 0 Å². The van der Waals surface area contributed by atoms with Crippen LogP contribution in [0.5, 0.6) is 0 Å². The first kappa shape index (κ1) is 9.69. The van der Waals surface area contributed by atoms with Gasteiger partial charge in [0.1, 0.15) is 11.5 Å². The number of nitrogens with zero attached hydrogens (tertiary/aromatic N) is 2. The molecule has 0 unspecified atom stereocenters. The maximum absolute atomic E-state index is 12.0. The van der Waals surface area contributed by atoms with Crippen LogP contribution in [-0.4, -0.2) is 22.3 Å². The zero-order valence-electron chi connectivity index (χ0n) is 9.11. The van der Waals surface area contributed by atoms with Gasteiger partial charge < -0.3 is 15.1 Å². The van der Waals surface area contributed by atoms with E-state index in [4.69, 9.17) is 10.2 Å². The molecule has 0 aromatic carbocycles. The lowest BCUT2D eigenvalue weighted by Crippen LogP contribution is -2.41. The number of hydrogen-bond donors (Lipinski definition) is 1. The Labute approximate surface area is 93.6 Å². The lowest BCUT2D eigenvalue weighted by Gasteiger charge is -2.32. The van der Waals surface area contributed by atoms with Crippen molar-refractivity contribution in [3.8, 4) is 0 Å². The second kappa shape index (κ2) is 3.50. The Morgan fingerprint density at radius 2 is 2.31 bits per heavy atom. The molecule has 1 aromatic rings. The van der Waals surface area contributed by atoms with Crippen molar-refractivity contribution in [2.75, 3.05) is 12.3 Å². The molecule has 2 aliphatic rings. The van der Waals surface area contributed by atoms with Crippen LogP contribution in [0, 0.1) is 5.92 Å². The van der Waals surface area contributed by atoms with Gasteiger partial charge in [0, 0.05) is 18.9 Å². The highest BCUT2D eigenvalue weighted by atomic mass is 16.4. The van der Waals surface area contributed by atoms with Crippen molar-refractivity contribution in [1.82, 2.24) is 9.88 Å². The summed E-state index contributed by atoms with van der Waals surface area (Å²) in [6, 6.07) is 0.211. The van der Waals surface area contributed by atoms with E-state index < -0.39 is 0 Å². The van der Waals surface area contributed by atoms with Gasteiger partial charge in [-0.3, -0.25) is 4.79 Å². The summed E-state index contributed by atoms with van der Waals surface area (Å²) in [4.78, 5) is 18.0. The first-order valence-electron chi connectivity index (χ1n) is 5.77. The largest absolute Gasteiger partial charge is 0.428 e. The third-order valence-electron chi connectivity index (χ3n) is 3.51. The Bertz CT molecular complexity index is 423. The van der Waals surface area contributed by atoms with E-state index in [0.717, 1.165) is 37.3 Å². The van der Waals surface area contributed by atoms with Gasteiger partial charge in [-0.2, -0.15) is 4.98 Å². The molecule has 1 aromatic heterocycles. The van der Waals surface area contributed by atoms with Crippen LogP contribution in [-0.2, 0) is 17.8 Å². The summed E-state index contributed by atoms with van der Waals surface area (Å²) in [6.07, 6.45) is 4.01. The number of oxazole rings is 1. The van der Waals surface area contributed by atoms with Gasteiger partial charge in [0.2, 0.25) is 5.91 Å². The summed E-state index contributed by atoms with van der Waals surface area (Å²) in [6.45, 7) is 1.29. The van der Waals surface area contributed by atoms with Crippen LogP contribution in [0.2, 0.25) is 0 Å². The van der Waals surface area contributed by atoms with Crippen LogP contribution in [0.4, 0.5) is 6.01 Å². The van der Waals surface area contributed by atoms with Crippen molar-refractivity contribution in [3.05, 3.63) is 11.5 Å². The summed E-state index contributed by atoms with van der Waals surface area (Å²) in [7, 11) is 0. The lowest BCUT2D eigenvalue weighted by molar-refractivity contribution is -0.139. The number of carbonyl (C=O) groups is 1. The smallest absolute Gasteiger partial charge is 0.292 e. The number of nitrogens with two attached hydrogens (primary N) is 1. The van der Waals surface area contributed by atoms with Crippen LogP contribution in [0.15, 0.2) is 4.42 Å². The molecule has 0 bridgehead atoms. The van der Waals surface area contributed by atoms with Crippen molar-refractivity contribution in [3.63, 3.8) is 0 Å². The van der Waals surface area contributed by atoms with Gasteiger partial charge in [0.25, 0.3) is 6.01 Å². The molecule has 0 spiro atoms. The molecule has 16 heavy (non-hydrogen) atoms. The molecule has 0 atom stereocenters. The SMILES string of the molecule is Nc1nc2c(o1)CCN(C(=O)C1CCC1)C2. The Morgan fingerprint density at radius 1 is 1.50 bits per heavy atom. The topological polar surface area (TPSA) is 72.4 Å². The van der Waals surface area contributed by atoms with Gasteiger partial charge in [0.05, 0.1) is 6.54 Å². The van der Waals surface area contributed by atoms with E-state index in [-0.39, 0.29) is 17.8 Å². The molecule has 3 rings (SSSR count). The number of carbonyl (C=O) groups excluding carboxylic acids is 1. The summed E-state index contributed by atoms with van der Waals surface area (Å²) in [5, 5.41) is 0. The minimum atomic E-state index is 0.211. The van der Waals surface area contributed by atoms with E-state index >= 15 is 0 Å². The predicted molar refractivity (Wildman–Crippen MR) is 57.4 cm³/mol. The fourth-order valence-electron chi connectivity index (χ4n) is 2.32. The molecule has 1 aliphatic heterocycles. The zero-order valence-corrected chi connectivity index (χ0v) is 9.11. The van der Waals surface area contributed by atoms with Gasteiger partial charge in [0.15, 0.2) is 0 Å². The van der Waals surface area contributed by atoms with Crippen molar-refractivity contribution >= 4 is 11.9 Å². The van der Waals surface area contributed by atoms with Gasteiger partial charge in [-0.25, -0.2) is 0 Å². The fourth-order valence-corrected chi connectivity index (χ4v) is 2.32. The summed E-state index contributed by atoms with van der Waals surface area (Å²) in [5.74, 6) is 1.37. The van der Waals surface area contributed by atoms with E-state index in [1.807, 2.05) is 4.90 Å². The van der Waals surface area contributed by atoms with Gasteiger partial charge >= 0.3 is 0 Å². The number of fused-ring (bicyclic) bond motifs is 1. The molecular weight excluding hydrogens is 206 g/mol. The lowest BCUT2D eigenvalue weighted by atomic mass is 9.84. The molecular formula is C11H15N3O2. The maximum atomic E-state index is 12.0. The van der Waals surface area contributed by atoms with Gasteiger partial charge in [-0.15, -0.1) is 0 Å². The number of rotatable bonds is 1. The highest BCUT2D eigenvalue weighted by Gasteiger charge is 2.32. The van der Waals surface area contributed by atoms with Crippen LogP contribution in [0.3, 0.4) is 0 Å². The third-order valence-corrected chi connectivity index (χ3v) is 3.51. The number of nitrogen functional groups attached to an aromatic ring is 1. The van der Waals surface area contributed by atoms with Gasteiger partial charge in [-0.1, -0.05) is 6.42 Å². The van der Waals surface area contributed by atoms with Crippen molar-refractivity contribution in [1.29, 1.82) is 0 Å². The molecule has 86 valence electrons. The minimum absolute atomic E-state index is 0.211. The second-order valence-electron chi connectivity index (χ2n) is 4.56. The summed E-state index contributed by atoms with van der Waals surface area (Å²) < 4.78 is 5.26. The Kier molecular flexibility index (Phi) is 2.12. The molecule has 0 radical (unpaired) electrons. The zero-order chi connectivity index (χ0) is 11.1. The van der Waals surface area contributed by atoms with E-state index in [1.165, 1.54) is 6.42 Å². The Hall–Kier alpha value is -1.52. The Morgan fingerprint density at radius 3 is 3.00 bits per heavy atom. The molecule has 1 saturated carbocycles. The highest BCUT2D eigenvalue weighted by Crippen LogP contribution is 2.30. The fraction of sp³-hybridized carbons (Fsp3) is 0.636. The molecule has 2 heterocycles. The predicted octanol–water partition coefficient (Wildman–Crippen LogP) is 0.942. The summed E-state index contributed by atoms with van der Waals surface area (Å²) >= 11 is 0. The Balaban J connectivity index is 1.74. The minimum Gasteiger partial charge on any atom is -0.428 e. The molecule has 1 fully saturated rings. The molecule has 1 amide bonds. The van der Waals surface area contributed by atoms with E-state index in [0.29, 0.717) is 6.54 Å². The third kappa shape index (κ3) is 1.47. The standard InChI is InChI=1S/C11H15N3O2/c12-11-13-8-6-14(5-4-9(8)16-11)10(15)7-2-1-3-7/h7H,1-6H2,(H2,12,13). The monoisotopic (exact) mass is 221 g/mol. The average molecular weight is 221 g/mol. The first-order valence-corrected chi connectivity index (χ1v) is 5.77. The van der Waals surface area contributed by atoms with Crippen molar-refractivity contribution in [2.24, 2.45) is 5.92 Å². The number of hydrogen-bond acceptors (Lipinski definition) is 4. The van der Waals surface area contributed by atoms with Gasteiger partial charge in [-0.05, 0) is 12.8 Å². The van der Waals surface area contributed by atoms with Crippen LogP contribution >= 0.6 is 0 Å². The van der Waals surface area contributed by atoms with Crippen LogP contribution in [0.1, 0.15) is 30.7 Å². The summed E-state index contributed by atoms with van der Waals surface area (Å²) in [5.41, 5.74) is 6.33. The number of amides is 1. The van der Waals surface area contributed by atoms with Crippen molar-refractivity contribution in [2.45, 2.75) is 32.2 Å². The van der Waals surface area contributed by atoms with E-state index in [2.05, 4.69) is 4.98 Å². The molecule has 0 saturated heterocycles. The molecule has 5 heteroatoms. The highest BCUT2D eigenvalue weighted by molar-refractivity contribution is 5.79. The number of anilines is 1. The van der Waals surface area contributed by atoms with E-state index in [9.17, 15) is 4.79 Å². The number of aromatic nitrogens is 1. The molecule has 2 N–H and O–H groups in total. The molecule has 5 nitrogen and oxygen atoms in total.